The van der Waals surface area contributed by atoms with Gasteiger partial charge < -0.3 is 4.57 Å². The van der Waals surface area contributed by atoms with E-state index >= 15 is 0 Å². The highest BCUT2D eigenvalue weighted by Crippen LogP contribution is 2.48. The number of aryl methyl sites for hydroxylation is 3. The molecule has 2 rings (SSSR count). The van der Waals surface area contributed by atoms with Crippen LogP contribution >= 0.6 is 7.14 Å². The Labute approximate surface area is 128 Å². The molecule has 21 heavy (non-hydrogen) atoms. The minimum absolute atomic E-state index is 0.654. The van der Waals surface area contributed by atoms with Gasteiger partial charge in [0.1, 0.15) is 7.14 Å². The van der Waals surface area contributed by atoms with Gasteiger partial charge in [-0.1, -0.05) is 61.0 Å². The summed E-state index contributed by atoms with van der Waals surface area (Å²) in [5.41, 5.74) is 4.59. The molecule has 0 fully saturated rings. The average Bonchev–Trinajstić information content (AvgIpc) is 2.45. The van der Waals surface area contributed by atoms with Crippen LogP contribution in [0.1, 0.15) is 29.2 Å². The lowest BCUT2D eigenvalue weighted by molar-refractivity contribution is 0.587. The van der Waals surface area contributed by atoms with Crippen LogP contribution in [0, 0.1) is 20.8 Å². The molecule has 0 N–H and O–H groups in total. The number of hydrogen-bond acceptors (Lipinski definition) is 1. The normalized spacial score (nSPS) is 14.3. The van der Waals surface area contributed by atoms with Gasteiger partial charge in [0.25, 0.3) is 0 Å². The van der Waals surface area contributed by atoms with Crippen molar-refractivity contribution in [1.29, 1.82) is 0 Å². The molecule has 0 amide bonds. The first-order valence-corrected chi connectivity index (χ1v) is 9.34. The van der Waals surface area contributed by atoms with Gasteiger partial charge in [-0.25, -0.2) is 0 Å². The Morgan fingerprint density at radius 3 is 2.10 bits per heavy atom. The van der Waals surface area contributed by atoms with Crippen LogP contribution in [0.25, 0.3) is 6.08 Å². The van der Waals surface area contributed by atoms with Crippen molar-refractivity contribution in [2.24, 2.45) is 0 Å². The van der Waals surface area contributed by atoms with Crippen molar-refractivity contribution in [2.45, 2.75) is 27.7 Å². The van der Waals surface area contributed by atoms with Crippen molar-refractivity contribution >= 4 is 18.5 Å². The molecule has 0 saturated carbocycles. The van der Waals surface area contributed by atoms with E-state index < -0.39 is 7.14 Å². The van der Waals surface area contributed by atoms with E-state index in [0.29, 0.717) is 6.16 Å². The maximum atomic E-state index is 13.4. The Morgan fingerprint density at radius 2 is 1.57 bits per heavy atom. The van der Waals surface area contributed by atoms with Crippen LogP contribution in [-0.2, 0) is 4.57 Å². The summed E-state index contributed by atoms with van der Waals surface area (Å²) in [5, 5.41) is 1.03. The minimum Gasteiger partial charge on any atom is -0.314 e. The molecule has 0 heterocycles. The van der Waals surface area contributed by atoms with Crippen molar-refractivity contribution in [3.8, 4) is 0 Å². The van der Waals surface area contributed by atoms with Crippen molar-refractivity contribution in [1.82, 2.24) is 0 Å². The van der Waals surface area contributed by atoms with Crippen LogP contribution in [0.2, 0.25) is 0 Å². The first-order chi connectivity index (χ1) is 9.96. The second-order valence-electron chi connectivity index (χ2n) is 5.59. The van der Waals surface area contributed by atoms with Gasteiger partial charge in [0.05, 0.1) is 0 Å². The molecule has 0 unspecified atom stereocenters. The van der Waals surface area contributed by atoms with Crippen molar-refractivity contribution < 1.29 is 4.57 Å². The third kappa shape index (κ3) is 3.54. The summed E-state index contributed by atoms with van der Waals surface area (Å²) in [5.74, 6) is 1.92. The predicted molar refractivity (Wildman–Crippen MR) is 93.9 cm³/mol. The van der Waals surface area contributed by atoms with Crippen LogP contribution < -0.4 is 5.30 Å². The molecule has 0 radical (unpaired) electrons. The Hall–Kier alpha value is -1.59. The van der Waals surface area contributed by atoms with Gasteiger partial charge >= 0.3 is 0 Å². The van der Waals surface area contributed by atoms with Gasteiger partial charge in [-0.15, -0.1) is 0 Å². The van der Waals surface area contributed by atoms with Crippen molar-refractivity contribution in [3.63, 3.8) is 0 Å². The molecule has 0 aliphatic carbocycles. The molecular formula is C19H23OP. The van der Waals surface area contributed by atoms with E-state index in [9.17, 15) is 4.57 Å². The van der Waals surface area contributed by atoms with Crippen LogP contribution in [-0.4, -0.2) is 6.16 Å². The van der Waals surface area contributed by atoms with Crippen LogP contribution in [0.3, 0.4) is 0 Å². The monoisotopic (exact) mass is 298 g/mol. The standard InChI is InChI=1S/C19H23OP/c1-5-21(20,12-11-18-9-7-6-8-10-18)19-16(3)13-15(2)14-17(19)4/h6-14H,5H2,1-4H3/b12-11+/t21-/m1/s1. The molecule has 0 spiro atoms. The zero-order chi connectivity index (χ0) is 15.5. The van der Waals surface area contributed by atoms with E-state index in [1.54, 1.807) is 0 Å². The molecule has 2 heteroatoms. The van der Waals surface area contributed by atoms with Gasteiger partial charge in [0.15, 0.2) is 0 Å². The third-order valence-electron chi connectivity index (χ3n) is 3.79. The maximum absolute atomic E-state index is 13.4. The quantitative estimate of drug-likeness (QED) is 0.701. The van der Waals surface area contributed by atoms with Gasteiger partial charge in [0.2, 0.25) is 0 Å². The summed E-state index contributed by atoms with van der Waals surface area (Å²) in [4.78, 5) is 0. The Bertz CT molecular complexity index is 676. The van der Waals surface area contributed by atoms with Crippen LogP contribution in [0.4, 0.5) is 0 Å². The van der Waals surface area contributed by atoms with Gasteiger partial charge in [-0.05, 0) is 43.3 Å². The Kier molecular flexibility index (Phi) is 4.85. The molecule has 1 atom stereocenters. The smallest absolute Gasteiger partial charge is 0.136 e. The van der Waals surface area contributed by atoms with Crippen molar-refractivity contribution in [2.75, 3.05) is 6.16 Å². The molecule has 0 saturated heterocycles. The minimum atomic E-state index is -2.49. The molecule has 0 aliphatic heterocycles. The maximum Gasteiger partial charge on any atom is 0.136 e. The summed E-state index contributed by atoms with van der Waals surface area (Å²) in [6.07, 6.45) is 2.64. The largest absolute Gasteiger partial charge is 0.314 e. The van der Waals surface area contributed by atoms with E-state index in [1.807, 2.05) is 49.1 Å². The Balaban J connectivity index is 2.48. The molecule has 0 bridgehead atoms. The van der Waals surface area contributed by atoms with Gasteiger partial charge in [0, 0.05) is 11.5 Å². The lowest BCUT2D eigenvalue weighted by Gasteiger charge is -2.19. The predicted octanol–water partition coefficient (Wildman–Crippen LogP) is 5.29. The van der Waals surface area contributed by atoms with Crippen LogP contribution in [0.15, 0.2) is 48.3 Å². The molecule has 0 aromatic heterocycles. The first-order valence-electron chi connectivity index (χ1n) is 7.38. The lowest BCUT2D eigenvalue weighted by Crippen LogP contribution is -2.13. The summed E-state index contributed by atoms with van der Waals surface area (Å²) < 4.78 is 13.4. The molecular weight excluding hydrogens is 275 g/mol. The fourth-order valence-corrected chi connectivity index (χ4v) is 5.29. The highest BCUT2D eigenvalue weighted by molar-refractivity contribution is 7.74. The second-order valence-corrected chi connectivity index (χ2v) is 8.55. The summed E-state index contributed by atoms with van der Waals surface area (Å²) >= 11 is 0. The van der Waals surface area contributed by atoms with Gasteiger partial charge in [-0.3, -0.25) is 0 Å². The van der Waals surface area contributed by atoms with Crippen molar-refractivity contribution in [3.05, 3.63) is 70.5 Å². The SMILES string of the molecule is CC[P@@](=O)(/C=C/c1ccccc1)c1c(C)cc(C)cc1C. The molecule has 2 aromatic carbocycles. The second kappa shape index (κ2) is 6.45. The summed E-state index contributed by atoms with van der Waals surface area (Å²) in [6.45, 7) is 8.22. The summed E-state index contributed by atoms with van der Waals surface area (Å²) in [7, 11) is -2.49. The molecule has 110 valence electrons. The number of hydrogen-bond donors (Lipinski definition) is 0. The topological polar surface area (TPSA) is 17.1 Å². The van der Waals surface area contributed by atoms with Crippen LogP contribution in [0.5, 0.6) is 0 Å². The first kappa shape index (κ1) is 15.8. The lowest BCUT2D eigenvalue weighted by atomic mass is 10.1. The fourth-order valence-electron chi connectivity index (χ4n) is 2.88. The summed E-state index contributed by atoms with van der Waals surface area (Å²) in [6, 6.07) is 14.3. The average molecular weight is 298 g/mol. The van der Waals surface area contributed by atoms with E-state index in [-0.39, 0.29) is 0 Å². The van der Waals surface area contributed by atoms with E-state index in [1.165, 1.54) is 5.56 Å². The fraction of sp³-hybridized carbons (Fsp3) is 0.263. The molecule has 1 nitrogen and oxygen atoms in total. The Morgan fingerprint density at radius 1 is 1.00 bits per heavy atom. The molecule has 0 aliphatic rings. The zero-order valence-corrected chi connectivity index (χ0v) is 14.2. The van der Waals surface area contributed by atoms with E-state index in [4.69, 9.17) is 0 Å². The van der Waals surface area contributed by atoms with E-state index in [2.05, 4.69) is 32.9 Å². The molecule has 2 aromatic rings. The highest BCUT2D eigenvalue weighted by atomic mass is 31.2. The van der Waals surface area contributed by atoms with Gasteiger partial charge in [-0.2, -0.15) is 0 Å². The highest BCUT2D eigenvalue weighted by Gasteiger charge is 2.23. The zero-order valence-electron chi connectivity index (χ0n) is 13.3. The number of rotatable bonds is 4. The van der Waals surface area contributed by atoms with E-state index in [0.717, 1.165) is 22.0 Å². The third-order valence-corrected chi connectivity index (χ3v) is 6.82. The number of benzene rings is 2.